The molecule has 0 saturated carbocycles. The lowest BCUT2D eigenvalue weighted by Crippen LogP contribution is -2.65. The Kier molecular flexibility index (Phi) is 10.6. The van der Waals surface area contributed by atoms with E-state index >= 15 is 0 Å². The number of urea groups is 1. The molecule has 2 amide bonds. The van der Waals surface area contributed by atoms with Crippen LogP contribution in [0.1, 0.15) is 24.0 Å². The quantitative estimate of drug-likeness (QED) is 0.481. The van der Waals surface area contributed by atoms with E-state index in [1.54, 1.807) is 7.11 Å². The Hall–Kier alpha value is -3.83. The Morgan fingerprint density at radius 1 is 0.950 bits per heavy atom. The molecule has 40 heavy (non-hydrogen) atoms. The monoisotopic (exact) mass is 540 g/mol. The Morgan fingerprint density at radius 2 is 1.55 bits per heavy atom. The number of nitrogens with zero attached hydrogens (tertiary/aromatic N) is 3. The lowest BCUT2D eigenvalue weighted by atomic mass is 9.90. The second kappa shape index (κ2) is 14.5. The van der Waals surface area contributed by atoms with Crippen LogP contribution in [0.5, 0.6) is 5.75 Å². The molecule has 2 aliphatic heterocycles. The van der Waals surface area contributed by atoms with Crippen molar-refractivity contribution in [2.24, 2.45) is 0 Å². The maximum absolute atomic E-state index is 12.9. The summed E-state index contributed by atoms with van der Waals surface area (Å²) in [4.78, 5) is 19.3. The normalized spacial score (nSPS) is 20.3. The lowest BCUT2D eigenvalue weighted by molar-refractivity contribution is -0.0427. The summed E-state index contributed by atoms with van der Waals surface area (Å²) in [6.45, 7) is 2.58. The molecule has 7 nitrogen and oxygen atoms in total. The van der Waals surface area contributed by atoms with Crippen LogP contribution < -0.4 is 10.1 Å². The highest BCUT2D eigenvalue weighted by molar-refractivity contribution is 5.89. The smallest absolute Gasteiger partial charge is 0.321 e. The minimum Gasteiger partial charge on any atom is -0.497 e. The van der Waals surface area contributed by atoms with Gasteiger partial charge in [-0.1, -0.05) is 48.2 Å². The van der Waals surface area contributed by atoms with Gasteiger partial charge in [0.2, 0.25) is 0 Å². The van der Waals surface area contributed by atoms with Gasteiger partial charge in [-0.3, -0.25) is 4.90 Å². The average Bonchev–Trinajstić information content (AvgIpc) is 2.97. The molecule has 0 aromatic heterocycles. The average molecular weight is 541 g/mol. The fraction of sp³-hybridized carbons (Fsp3) is 0.364. The molecule has 0 bridgehead atoms. The predicted molar refractivity (Wildman–Crippen MR) is 161 cm³/mol. The summed E-state index contributed by atoms with van der Waals surface area (Å²) in [5.74, 6) is 6.99. The topological polar surface area (TPSA) is 68.3 Å². The first-order valence-electron chi connectivity index (χ1n) is 13.8. The number of rotatable bonds is 4. The highest BCUT2D eigenvalue weighted by atomic mass is 16.5. The van der Waals surface area contributed by atoms with Gasteiger partial charge in [0.05, 0.1) is 13.7 Å². The van der Waals surface area contributed by atoms with Crippen molar-refractivity contribution in [3.63, 3.8) is 0 Å². The number of hydrogen-bond donors (Lipinski definition) is 2. The SMILES string of the molecule is C(#Cc1ccccc1)c1ccccc1.COc1ccc(NC(=O)N2CC(N(C)C)CCN3[C@H](CO)C[C@@H]3C2)cc1. The second-order valence-corrected chi connectivity index (χ2v) is 10.4. The molecule has 2 fully saturated rings. The molecule has 2 saturated heterocycles. The summed E-state index contributed by atoms with van der Waals surface area (Å²) in [5.41, 5.74) is 2.87. The van der Waals surface area contributed by atoms with Crippen LogP contribution in [-0.2, 0) is 0 Å². The number of nitrogens with one attached hydrogen (secondary N) is 1. The van der Waals surface area contributed by atoms with Gasteiger partial charge in [-0.25, -0.2) is 4.79 Å². The number of benzene rings is 3. The Labute approximate surface area is 238 Å². The third kappa shape index (κ3) is 8.09. The maximum atomic E-state index is 12.9. The number of anilines is 1. The fourth-order valence-corrected chi connectivity index (χ4v) is 5.09. The van der Waals surface area contributed by atoms with Gasteiger partial charge in [0, 0.05) is 54.6 Å². The third-order valence-electron chi connectivity index (χ3n) is 7.53. The van der Waals surface area contributed by atoms with Gasteiger partial charge in [-0.2, -0.15) is 0 Å². The van der Waals surface area contributed by atoms with Crippen LogP contribution in [0.15, 0.2) is 84.9 Å². The predicted octanol–water partition coefficient (Wildman–Crippen LogP) is 4.38. The summed E-state index contributed by atoms with van der Waals surface area (Å²) in [7, 11) is 5.74. The van der Waals surface area contributed by atoms with Gasteiger partial charge in [0.15, 0.2) is 0 Å². The molecule has 3 aromatic carbocycles. The first kappa shape index (κ1) is 29.2. The molecular weight excluding hydrogens is 500 g/mol. The molecular formula is C33H40N4O3. The van der Waals surface area contributed by atoms with Gasteiger partial charge < -0.3 is 25.0 Å². The van der Waals surface area contributed by atoms with Gasteiger partial charge in [0.1, 0.15) is 5.75 Å². The third-order valence-corrected chi connectivity index (χ3v) is 7.53. The van der Waals surface area contributed by atoms with E-state index in [1.807, 2.05) is 89.8 Å². The Morgan fingerprint density at radius 3 is 2.08 bits per heavy atom. The second-order valence-electron chi connectivity index (χ2n) is 10.4. The lowest BCUT2D eigenvalue weighted by Gasteiger charge is -2.52. The Balaban J connectivity index is 0.000000222. The molecule has 1 unspecified atom stereocenters. The van der Waals surface area contributed by atoms with Crippen LogP contribution in [-0.4, -0.2) is 91.4 Å². The largest absolute Gasteiger partial charge is 0.497 e. The minimum atomic E-state index is -0.0729. The standard InChI is InChI=1S/C19H30N4O3.C14H10/c1-21(2)15-8-9-23-16(10-17(23)13-24)12-22(11-15)19(25)20-14-4-6-18(26-3)7-5-14;1-3-7-13(8-4-1)11-12-14-9-5-2-6-10-14/h4-7,15-17,24H,8-13H2,1-3H3,(H,20,25);1-10H/t15?,16-,17+;/m1./s1. The molecule has 0 aliphatic carbocycles. The van der Waals surface area contributed by atoms with E-state index in [0.717, 1.165) is 42.0 Å². The summed E-state index contributed by atoms with van der Waals surface area (Å²) in [5, 5.41) is 12.5. The molecule has 5 rings (SSSR count). The van der Waals surface area contributed by atoms with E-state index in [0.29, 0.717) is 25.2 Å². The molecule has 2 N–H and O–H groups in total. The van der Waals surface area contributed by atoms with E-state index in [1.165, 1.54) is 0 Å². The van der Waals surface area contributed by atoms with Crippen LogP contribution in [0, 0.1) is 11.8 Å². The Bertz CT molecular complexity index is 1210. The highest BCUT2D eigenvalue weighted by Crippen LogP contribution is 2.29. The summed E-state index contributed by atoms with van der Waals surface area (Å²) in [6, 6.07) is 28.2. The van der Waals surface area contributed by atoms with E-state index < -0.39 is 0 Å². The molecule has 210 valence electrons. The van der Waals surface area contributed by atoms with Crippen molar-refractivity contribution in [3.8, 4) is 17.6 Å². The number of fused-ring (bicyclic) bond motifs is 1. The fourth-order valence-electron chi connectivity index (χ4n) is 5.09. The van der Waals surface area contributed by atoms with Gasteiger partial charge in [0.25, 0.3) is 0 Å². The summed E-state index contributed by atoms with van der Waals surface area (Å²) >= 11 is 0. The van der Waals surface area contributed by atoms with Crippen molar-refractivity contribution in [2.75, 3.05) is 52.8 Å². The van der Waals surface area contributed by atoms with Crippen LogP contribution in [0.3, 0.4) is 0 Å². The van der Waals surface area contributed by atoms with E-state index in [-0.39, 0.29) is 18.7 Å². The van der Waals surface area contributed by atoms with E-state index in [9.17, 15) is 9.90 Å². The number of likely N-dealkylation sites (N-methyl/N-ethyl adjacent to an activating group) is 1. The molecule has 3 aromatic rings. The molecule has 0 radical (unpaired) electrons. The number of aliphatic hydroxyl groups is 1. The zero-order valence-electron chi connectivity index (χ0n) is 23.7. The van der Waals surface area contributed by atoms with Crippen LogP contribution in [0.4, 0.5) is 10.5 Å². The summed E-state index contributed by atoms with van der Waals surface area (Å²) in [6.07, 6.45) is 1.95. The van der Waals surface area contributed by atoms with Gasteiger partial charge >= 0.3 is 6.03 Å². The molecule has 2 aliphatic rings. The molecule has 7 heteroatoms. The minimum absolute atomic E-state index is 0.0729. The van der Waals surface area contributed by atoms with Gasteiger partial charge in [-0.15, -0.1) is 0 Å². The van der Waals surface area contributed by atoms with Crippen molar-refractivity contribution >= 4 is 11.7 Å². The number of hydrogen-bond acceptors (Lipinski definition) is 5. The van der Waals surface area contributed by atoms with Crippen molar-refractivity contribution in [3.05, 3.63) is 96.1 Å². The number of ether oxygens (including phenoxy) is 1. The number of methoxy groups -OCH3 is 1. The van der Waals surface area contributed by atoms with Crippen LogP contribution in [0.25, 0.3) is 0 Å². The van der Waals surface area contributed by atoms with Crippen LogP contribution >= 0.6 is 0 Å². The number of aliphatic hydroxyl groups excluding tert-OH is 1. The van der Waals surface area contributed by atoms with E-state index in [4.69, 9.17) is 4.74 Å². The highest BCUT2D eigenvalue weighted by Gasteiger charge is 2.41. The first-order chi connectivity index (χ1) is 19.5. The summed E-state index contributed by atoms with van der Waals surface area (Å²) < 4.78 is 5.16. The maximum Gasteiger partial charge on any atom is 0.321 e. The first-order valence-corrected chi connectivity index (χ1v) is 13.8. The zero-order valence-corrected chi connectivity index (χ0v) is 23.7. The molecule has 2 heterocycles. The van der Waals surface area contributed by atoms with Crippen molar-refractivity contribution < 1.29 is 14.6 Å². The van der Waals surface area contributed by atoms with Crippen molar-refractivity contribution in [1.29, 1.82) is 0 Å². The zero-order chi connectivity index (χ0) is 28.3. The van der Waals surface area contributed by atoms with Crippen molar-refractivity contribution in [1.82, 2.24) is 14.7 Å². The molecule has 3 atom stereocenters. The van der Waals surface area contributed by atoms with E-state index in [2.05, 4.69) is 41.1 Å². The molecule has 0 spiro atoms. The number of amides is 2. The van der Waals surface area contributed by atoms with Crippen molar-refractivity contribution in [2.45, 2.75) is 31.0 Å². The van der Waals surface area contributed by atoms with Gasteiger partial charge in [-0.05, 0) is 75.5 Å². The number of carbonyl (C=O) groups excluding carboxylic acids is 1. The number of carbonyl (C=O) groups is 1. The van der Waals surface area contributed by atoms with Crippen LogP contribution in [0.2, 0.25) is 0 Å².